The van der Waals surface area contributed by atoms with Crippen LogP contribution < -0.4 is 0 Å². The molecule has 5 heterocycles. The average molecular weight is 882 g/mol. The maximum Gasteiger partial charge on any atom is 0.316 e. The summed E-state index contributed by atoms with van der Waals surface area (Å²) >= 11 is 0. The van der Waals surface area contributed by atoms with Crippen LogP contribution in [0.4, 0.5) is 0 Å². The van der Waals surface area contributed by atoms with Gasteiger partial charge >= 0.3 is 5.97 Å². The molecule has 1 N–H and O–H groups in total. The standard InChI is InChI=1S/C46H67N5O12/c1-13-38-46(10,56)42-28(5)39(49-31(8)53)25(2)20-45(9,58-24-33(23-57-42)50-59-22-32-14-15-35(47-21-32)37-16-17-48-63-37)41(29(6)40(54)30(7)43(55)61-38)62-44-34(18-26(3)52)36(51(11)12)19-27(4)60-44/h14-17,21,25,27-30,34,36,38,41-42,44,56H,13,18-20,22-24H2,1-12H3/t25-,27-,28+,29+,30-,34-,36+,38-,41-,42-,44+,45-,46-/m1/s1. The Kier molecular flexibility index (Phi) is 16.7. The number of esters is 1. The number of nitrogens with zero attached hydrogens (tertiary/aromatic N) is 5. The van der Waals surface area contributed by atoms with Crippen LogP contribution >= 0.6 is 0 Å². The Bertz CT molecular complexity index is 1950. The molecule has 2 bridgehead atoms. The fourth-order valence-corrected chi connectivity index (χ4v) is 9.53. The molecule has 17 heteroatoms. The second-order valence-corrected chi connectivity index (χ2v) is 18.3. The van der Waals surface area contributed by atoms with Gasteiger partial charge in [-0.1, -0.05) is 44.1 Å². The number of fused-ring (bicyclic) bond motifs is 5. The zero-order chi connectivity index (χ0) is 46.4. The van der Waals surface area contributed by atoms with Crippen LogP contribution in [0.15, 0.2) is 45.3 Å². The zero-order valence-corrected chi connectivity index (χ0v) is 38.9. The summed E-state index contributed by atoms with van der Waals surface area (Å²) in [6, 6.07) is 5.20. The maximum atomic E-state index is 14.7. The number of rotatable bonds is 10. The fourth-order valence-electron chi connectivity index (χ4n) is 9.53. The van der Waals surface area contributed by atoms with E-state index in [1.165, 1.54) is 33.9 Å². The summed E-state index contributed by atoms with van der Waals surface area (Å²) in [5.41, 5.74) is -1.26. The molecule has 13 atom stereocenters. The zero-order valence-electron chi connectivity index (χ0n) is 38.9. The van der Waals surface area contributed by atoms with Crippen LogP contribution in [-0.4, -0.2) is 130 Å². The van der Waals surface area contributed by atoms with Crippen molar-refractivity contribution >= 4 is 34.9 Å². The number of carbonyl (C=O) groups excluding carboxylic acids is 4. The summed E-state index contributed by atoms with van der Waals surface area (Å²) in [6.45, 7) is 16.4. The summed E-state index contributed by atoms with van der Waals surface area (Å²) in [5, 5.41) is 20.7. The van der Waals surface area contributed by atoms with Crippen molar-refractivity contribution in [1.82, 2.24) is 15.0 Å². The lowest BCUT2D eigenvalue weighted by molar-refractivity contribution is -0.284. The van der Waals surface area contributed by atoms with E-state index in [4.69, 9.17) is 33.0 Å². The van der Waals surface area contributed by atoms with Crippen molar-refractivity contribution in [1.29, 1.82) is 0 Å². The number of Topliss-reactive ketones (excluding diaryl/α,β-unsaturated/α-hetero) is 2. The van der Waals surface area contributed by atoms with E-state index in [1.54, 1.807) is 32.2 Å². The predicted octanol–water partition coefficient (Wildman–Crippen LogP) is 5.41. The summed E-state index contributed by atoms with van der Waals surface area (Å²) in [6.07, 6.45) is -0.318. The average Bonchev–Trinajstić information content (AvgIpc) is 3.76. The first-order chi connectivity index (χ1) is 29.7. The molecule has 2 aromatic heterocycles. The predicted molar refractivity (Wildman–Crippen MR) is 231 cm³/mol. The van der Waals surface area contributed by atoms with Gasteiger partial charge in [-0.25, -0.2) is 4.99 Å². The van der Waals surface area contributed by atoms with Crippen molar-refractivity contribution in [2.45, 2.75) is 149 Å². The molecule has 0 spiro atoms. The van der Waals surface area contributed by atoms with Crippen molar-refractivity contribution in [3.63, 3.8) is 0 Å². The molecule has 5 rings (SSSR count). The molecule has 0 aliphatic carbocycles. The molecule has 2 aromatic rings. The Hall–Kier alpha value is -4.26. The molecule has 0 unspecified atom stereocenters. The van der Waals surface area contributed by atoms with E-state index < -0.39 is 83.1 Å². The van der Waals surface area contributed by atoms with Gasteiger partial charge < -0.3 is 47.8 Å². The van der Waals surface area contributed by atoms with E-state index in [0.717, 1.165) is 0 Å². The smallest absolute Gasteiger partial charge is 0.316 e. The van der Waals surface area contributed by atoms with E-state index in [2.05, 4.69) is 25.2 Å². The Morgan fingerprint density at radius 1 is 1.03 bits per heavy atom. The highest BCUT2D eigenvalue weighted by Crippen LogP contribution is 2.41. The Morgan fingerprint density at radius 3 is 2.37 bits per heavy atom. The lowest BCUT2D eigenvalue weighted by Gasteiger charge is -2.48. The number of oxime groups is 1. The summed E-state index contributed by atoms with van der Waals surface area (Å²) in [4.78, 5) is 71.4. The van der Waals surface area contributed by atoms with Crippen molar-refractivity contribution in [3.8, 4) is 11.5 Å². The SMILES string of the molecule is CC[C@H]1OC(=O)[C@H](C)C(=O)[C@H](C)[C@@H](O[C@@H]2O[C@H](C)C[C@H](N(C)C)[C@H]2CC(C)=O)[C@@]2(C)C[C@@H](C)C(=NC(C)=O)[C@H](C)[C@@H](OCC(=NOCc3ccc(-c4ccno4)nc3)CO2)[C@]1(C)O. The third-order valence-electron chi connectivity index (χ3n) is 12.8. The third kappa shape index (κ3) is 11.9. The molecule has 3 aliphatic heterocycles. The van der Waals surface area contributed by atoms with Gasteiger partial charge in [0.2, 0.25) is 5.91 Å². The van der Waals surface area contributed by atoms with Gasteiger partial charge in [0.15, 0.2) is 17.8 Å². The van der Waals surface area contributed by atoms with Crippen LogP contribution in [0.2, 0.25) is 0 Å². The minimum absolute atomic E-state index is 0.0270. The Balaban J connectivity index is 1.66. The number of amides is 1. The number of carbonyl (C=O) groups is 4. The monoisotopic (exact) mass is 881 g/mol. The van der Waals surface area contributed by atoms with Gasteiger partial charge in [-0.2, -0.15) is 0 Å². The highest BCUT2D eigenvalue weighted by atomic mass is 16.7. The number of hydrogen-bond donors (Lipinski definition) is 1. The molecule has 0 aromatic carbocycles. The molecule has 63 heavy (non-hydrogen) atoms. The third-order valence-corrected chi connectivity index (χ3v) is 12.8. The van der Waals surface area contributed by atoms with Crippen molar-refractivity contribution in [2.75, 3.05) is 27.3 Å². The van der Waals surface area contributed by atoms with Crippen LogP contribution in [0.3, 0.4) is 0 Å². The van der Waals surface area contributed by atoms with Gasteiger partial charge in [0.05, 0.1) is 43.3 Å². The molecule has 1 amide bonds. The van der Waals surface area contributed by atoms with Crippen molar-refractivity contribution < 1.29 is 57.3 Å². The molecule has 3 fully saturated rings. The van der Waals surface area contributed by atoms with E-state index in [0.29, 0.717) is 29.2 Å². The van der Waals surface area contributed by atoms with E-state index in [9.17, 15) is 24.3 Å². The Morgan fingerprint density at radius 2 is 1.76 bits per heavy atom. The fraction of sp³-hybridized carbons (Fsp3) is 0.696. The van der Waals surface area contributed by atoms with Gasteiger partial charge in [-0.05, 0) is 80.0 Å². The van der Waals surface area contributed by atoms with E-state index >= 15 is 0 Å². The van der Waals surface area contributed by atoms with Crippen LogP contribution in [0.5, 0.6) is 0 Å². The number of hydrogen-bond acceptors (Lipinski definition) is 16. The normalized spacial score (nSPS) is 36.3. The number of pyridine rings is 1. The molecule has 3 aliphatic rings. The number of ketones is 2. The molecular formula is C46H67N5O12. The second-order valence-electron chi connectivity index (χ2n) is 18.3. The van der Waals surface area contributed by atoms with Gasteiger partial charge in [0.1, 0.15) is 41.4 Å². The van der Waals surface area contributed by atoms with Crippen LogP contribution in [0.25, 0.3) is 11.5 Å². The highest BCUT2D eigenvalue weighted by Gasteiger charge is 2.53. The number of aromatic nitrogens is 2. The number of aliphatic hydroxyl groups is 1. The molecule has 3 saturated heterocycles. The molecule has 348 valence electrons. The van der Waals surface area contributed by atoms with Crippen LogP contribution in [0, 0.1) is 29.6 Å². The summed E-state index contributed by atoms with van der Waals surface area (Å²) < 4.78 is 38.4. The van der Waals surface area contributed by atoms with E-state index in [-0.39, 0.29) is 62.7 Å². The molecule has 17 nitrogen and oxygen atoms in total. The first kappa shape index (κ1) is 49.8. The van der Waals surface area contributed by atoms with Gasteiger partial charge in [0, 0.05) is 60.7 Å². The maximum absolute atomic E-state index is 14.7. The van der Waals surface area contributed by atoms with Crippen molar-refractivity contribution in [2.24, 2.45) is 39.7 Å². The number of ether oxygens (including phenoxy) is 5. The number of cyclic esters (lactones) is 1. The van der Waals surface area contributed by atoms with Crippen LogP contribution in [0.1, 0.15) is 100 Å². The minimum atomic E-state index is -1.87. The lowest BCUT2D eigenvalue weighted by atomic mass is 9.73. The largest absolute Gasteiger partial charge is 0.459 e. The first-order valence-corrected chi connectivity index (χ1v) is 22.0. The number of aliphatic imine (C=N–C) groups is 1. The lowest BCUT2D eigenvalue weighted by Crippen LogP contribution is -2.59. The quantitative estimate of drug-likeness (QED) is 0.180. The second kappa shape index (κ2) is 21.2. The van der Waals surface area contributed by atoms with Crippen LogP contribution in [-0.2, 0) is 54.3 Å². The van der Waals surface area contributed by atoms with Crippen molar-refractivity contribution in [3.05, 3.63) is 36.2 Å². The highest BCUT2D eigenvalue weighted by molar-refractivity contribution is 6.00. The van der Waals surface area contributed by atoms with Gasteiger partial charge in [0.25, 0.3) is 0 Å². The Labute approximate surface area is 370 Å². The summed E-state index contributed by atoms with van der Waals surface area (Å²) in [7, 11) is 3.90. The topological polar surface area (TPSA) is 211 Å². The summed E-state index contributed by atoms with van der Waals surface area (Å²) in [5.74, 6) is -5.26. The molecular weight excluding hydrogens is 815 g/mol. The first-order valence-electron chi connectivity index (χ1n) is 22.0. The molecule has 0 radical (unpaired) electrons. The minimum Gasteiger partial charge on any atom is -0.459 e. The van der Waals surface area contributed by atoms with Gasteiger partial charge in [-0.15, -0.1) is 0 Å². The van der Waals surface area contributed by atoms with Gasteiger partial charge in [-0.3, -0.25) is 19.4 Å². The van der Waals surface area contributed by atoms with E-state index in [1.807, 2.05) is 47.9 Å². The molecule has 0 saturated carbocycles.